The molecular formula is C15H14N2O4. The van der Waals surface area contributed by atoms with E-state index in [4.69, 9.17) is 5.11 Å². The highest BCUT2D eigenvalue weighted by Crippen LogP contribution is 2.22. The molecule has 2 rings (SSSR count). The first-order valence-corrected chi connectivity index (χ1v) is 6.16. The number of aryl methyl sites for hydroxylation is 1. The molecule has 4 N–H and O–H groups in total. The Morgan fingerprint density at radius 1 is 1.00 bits per heavy atom. The maximum atomic E-state index is 11.8. The standard InChI is InChI=1S/C15H14N2O4/c1-9-3-2-4-10(7-9)16-15(21)17-11-5-6-12(14(19)20)13(18)8-11/h2-8,18H,1H3,(H,19,20)(H2,16,17,21). The molecule has 2 aromatic carbocycles. The second kappa shape index (κ2) is 5.96. The van der Waals surface area contributed by atoms with Crippen molar-refractivity contribution >= 4 is 23.4 Å². The summed E-state index contributed by atoms with van der Waals surface area (Å²) in [4.78, 5) is 22.6. The lowest BCUT2D eigenvalue weighted by Gasteiger charge is -2.09. The van der Waals surface area contributed by atoms with Crippen molar-refractivity contribution in [3.63, 3.8) is 0 Å². The van der Waals surface area contributed by atoms with Gasteiger partial charge in [0.05, 0.1) is 0 Å². The molecule has 0 unspecified atom stereocenters. The van der Waals surface area contributed by atoms with E-state index in [0.29, 0.717) is 11.4 Å². The zero-order valence-corrected chi connectivity index (χ0v) is 11.3. The monoisotopic (exact) mass is 286 g/mol. The van der Waals surface area contributed by atoms with Crippen LogP contribution in [0.1, 0.15) is 15.9 Å². The molecule has 0 spiro atoms. The van der Waals surface area contributed by atoms with Crippen LogP contribution in [0.3, 0.4) is 0 Å². The fourth-order valence-electron chi connectivity index (χ4n) is 1.81. The molecule has 108 valence electrons. The van der Waals surface area contributed by atoms with E-state index in [0.717, 1.165) is 5.56 Å². The van der Waals surface area contributed by atoms with Crippen molar-refractivity contribution < 1.29 is 19.8 Å². The largest absolute Gasteiger partial charge is 0.507 e. The number of aromatic carboxylic acids is 1. The van der Waals surface area contributed by atoms with Crippen LogP contribution in [0, 0.1) is 6.92 Å². The average molecular weight is 286 g/mol. The summed E-state index contributed by atoms with van der Waals surface area (Å²) in [5.41, 5.74) is 1.72. The summed E-state index contributed by atoms with van der Waals surface area (Å²) in [6.07, 6.45) is 0. The minimum absolute atomic E-state index is 0.223. The summed E-state index contributed by atoms with van der Waals surface area (Å²) < 4.78 is 0. The van der Waals surface area contributed by atoms with Crippen LogP contribution in [-0.4, -0.2) is 22.2 Å². The van der Waals surface area contributed by atoms with Crippen LogP contribution < -0.4 is 10.6 Å². The Bertz CT molecular complexity index is 698. The predicted molar refractivity (Wildman–Crippen MR) is 78.9 cm³/mol. The Morgan fingerprint density at radius 3 is 2.24 bits per heavy atom. The van der Waals surface area contributed by atoms with E-state index >= 15 is 0 Å². The second-order valence-electron chi connectivity index (χ2n) is 4.49. The molecule has 2 aromatic rings. The number of urea groups is 1. The number of hydrogen-bond donors (Lipinski definition) is 4. The Labute approximate surface area is 121 Å². The van der Waals surface area contributed by atoms with Crippen LogP contribution in [0.25, 0.3) is 0 Å². The molecule has 0 aromatic heterocycles. The molecule has 0 atom stereocenters. The van der Waals surface area contributed by atoms with Gasteiger partial charge in [0.15, 0.2) is 0 Å². The van der Waals surface area contributed by atoms with E-state index in [2.05, 4.69) is 10.6 Å². The smallest absolute Gasteiger partial charge is 0.339 e. The topological polar surface area (TPSA) is 98.7 Å². The molecule has 6 nitrogen and oxygen atoms in total. The summed E-state index contributed by atoms with van der Waals surface area (Å²) >= 11 is 0. The minimum Gasteiger partial charge on any atom is -0.507 e. The highest BCUT2D eigenvalue weighted by Gasteiger charge is 2.11. The number of anilines is 2. The van der Waals surface area contributed by atoms with Gasteiger partial charge in [-0.2, -0.15) is 0 Å². The van der Waals surface area contributed by atoms with E-state index in [1.807, 2.05) is 25.1 Å². The normalized spacial score (nSPS) is 9.95. The number of rotatable bonds is 3. The number of amides is 2. The first-order valence-electron chi connectivity index (χ1n) is 6.16. The third-order valence-electron chi connectivity index (χ3n) is 2.76. The van der Waals surface area contributed by atoms with Gasteiger partial charge in [0, 0.05) is 17.4 Å². The van der Waals surface area contributed by atoms with Crippen molar-refractivity contribution in [1.29, 1.82) is 0 Å². The first-order chi connectivity index (χ1) is 9.95. The van der Waals surface area contributed by atoms with Gasteiger partial charge >= 0.3 is 12.0 Å². The Hall–Kier alpha value is -3.02. The molecule has 0 aliphatic heterocycles. The van der Waals surface area contributed by atoms with Crippen LogP contribution in [0.2, 0.25) is 0 Å². The van der Waals surface area contributed by atoms with E-state index in [9.17, 15) is 14.7 Å². The summed E-state index contributed by atoms with van der Waals surface area (Å²) in [6, 6.07) is 10.6. The minimum atomic E-state index is -1.23. The number of carboxylic acids is 1. The van der Waals surface area contributed by atoms with Crippen LogP contribution in [0.15, 0.2) is 42.5 Å². The highest BCUT2D eigenvalue weighted by molar-refractivity contribution is 6.00. The molecular weight excluding hydrogens is 272 g/mol. The van der Waals surface area contributed by atoms with Crippen molar-refractivity contribution in [1.82, 2.24) is 0 Å². The highest BCUT2D eigenvalue weighted by atomic mass is 16.4. The zero-order valence-electron chi connectivity index (χ0n) is 11.3. The van der Waals surface area contributed by atoms with Gasteiger partial charge in [0.1, 0.15) is 11.3 Å². The number of hydrogen-bond acceptors (Lipinski definition) is 3. The van der Waals surface area contributed by atoms with E-state index < -0.39 is 17.7 Å². The molecule has 6 heteroatoms. The summed E-state index contributed by atoms with van der Waals surface area (Å²) in [6.45, 7) is 1.91. The van der Waals surface area contributed by atoms with Crippen LogP contribution in [-0.2, 0) is 0 Å². The third kappa shape index (κ3) is 3.73. The number of aromatic hydroxyl groups is 1. The first kappa shape index (κ1) is 14.4. The zero-order chi connectivity index (χ0) is 15.4. The van der Waals surface area contributed by atoms with Crippen LogP contribution in [0.5, 0.6) is 5.75 Å². The Kier molecular flexibility index (Phi) is 4.08. The fraction of sp³-hybridized carbons (Fsp3) is 0.0667. The van der Waals surface area contributed by atoms with Crippen molar-refractivity contribution in [3.05, 3.63) is 53.6 Å². The Morgan fingerprint density at radius 2 is 1.67 bits per heavy atom. The molecule has 0 aliphatic carbocycles. The van der Waals surface area contributed by atoms with Crippen molar-refractivity contribution in [2.45, 2.75) is 6.92 Å². The van der Waals surface area contributed by atoms with Crippen molar-refractivity contribution in [2.75, 3.05) is 10.6 Å². The van der Waals surface area contributed by atoms with Crippen molar-refractivity contribution in [2.24, 2.45) is 0 Å². The van der Waals surface area contributed by atoms with Crippen LogP contribution >= 0.6 is 0 Å². The molecule has 0 bridgehead atoms. The van der Waals surface area contributed by atoms with E-state index in [-0.39, 0.29) is 5.56 Å². The van der Waals surface area contributed by atoms with Gasteiger partial charge < -0.3 is 20.8 Å². The SMILES string of the molecule is Cc1cccc(NC(=O)Nc2ccc(C(=O)O)c(O)c2)c1. The second-order valence-corrected chi connectivity index (χ2v) is 4.49. The summed E-state index contributed by atoms with van der Waals surface area (Å²) in [5.74, 6) is -1.64. The van der Waals surface area contributed by atoms with Gasteiger partial charge in [-0.15, -0.1) is 0 Å². The molecule has 0 saturated carbocycles. The number of nitrogens with one attached hydrogen (secondary N) is 2. The number of carboxylic acid groups (broad SMARTS) is 1. The number of phenols is 1. The third-order valence-corrected chi connectivity index (χ3v) is 2.76. The Balaban J connectivity index is 2.06. The maximum absolute atomic E-state index is 11.8. The average Bonchev–Trinajstić information content (AvgIpc) is 2.38. The van der Waals surface area contributed by atoms with Gasteiger partial charge in [0.2, 0.25) is 0 Å². The van der Waals surface area contributed by atoms with Gasteiger partial charge in [-0.3, -0.25) is 0 Å². The van der Waals surface area contributed by atoms with Gasteiger partial charge in [-0.1, -0.05) is 12.1 Å². The van der Waals surface area contributed by atoms with Crippen molar-refractivity contribution in [3.8, 4) is 5.75 Å². The lowest BCUT2D eigenvalue weighted by Crippen LogP contribution is -2.19. The van der Waals surface area contributed by atoms with E-state index in [1.54, 1.807) is 6.07 Å². The molecule has 0 fully saturated rings. The predicted octanol–water partition coefficient (Wildman–Crippen LogP) is 3.04. The molecule has 0 saturated heterocycles. The molecule has 0 aliphatic rings. The lowest BCUT2D eigenvalue weighted by atomic mass is 10.2. The van der Waals surface area contributed by atoms with E-state index in [1.165, 1.54) is 18.2 Å². The maximum Gasteiger partial charge on any atom is 0.339 e. The summed E-state index contributed by atoms with van der Waals surface area (Å²) in [7, 11) is 0. The molecule has 0 radical (unpaired) electrons. The van der Waals surface area contributed by atoms with Gasteiger partial charge in [0.25, 0.3) is 0 Å². The fourth-order valence-corrected chi connectivity index (χ4v) is 1.81. The molecule has 2 amide bonds. The summed E-state index contributed by atoms with van der Waals surface area (Å²) in [5, 5.41) is 23.5. The lowest BCUT2D eigenvalue weighted by molar-refractivity contribution is 0.0694. The van der Waals surface area contributed by atoms with Gasteiger partial charge in [-0.25, -0.2) is 9.59 Å². The quantitative estimate of drug-likeness (QED) is 0.697. The van der Waals surface area contributed by atoms with Gasteiger partial charge in [-0.05, 0) is 36.8 Å². The number of carbonyl (C=O) groups excluding carboxylic acids is 1. The number of benzene rings is 2. The van der Waals surface area contributed by atoms with Crippen LogP contribution in [0.4, 0.5) is 16.2 Å². The number of carbonyl (C=O) groups is 2. The molecule has 0 heterocycles. The molecule has 21 heavy (non-hydrogen) atoms.